The van der Waals surface area contributed by atoms with Gasteiger partial charge in [-0.3, -0.25) is 9.48 Å². The highest BCUT2D eigenvalue weighted by Crippen LogP contribution is 2.28. The van der Waals surface area contributed by atoms with Gasteiger partial charge in [0.05, 0.1) is 6.20 Å². The van der Waals surface area contributed by atoms with Crippen LogP contribution in [0.5, 0.6) is 5.75 Å². The van der Waals surface area contributed by atoms with Crippen LogP contribution in [0.15, 0.2) is 36.7 Å². The van der Waals surface area contributed by atoms with Crippen molar-refractivity contribution in [2.75, 3.05) is 13.7 Å². The van der Waals surface area contributed by atoms with E-state index in [0.717, 1.165) is 23.3 Å². The summed E-state index contributed by atoms with van der Waals surface area (Å²) >= 11 is 0. The predicted molar refractivity (Wildman–Crippen MR) is 90.3 cm³/mol. The summed E-state index contributed by atoms with van der Waals surface area (Å²) in [5, 5.41) is 4.11. The van der Waals surface area contributed by atoms with Crippen molar-refractivity contribution in [2.24, 2.45) is 7.05 Å². The number of hydrogen-bond acceptors (Lipinski definition) is 3. The first-order valence-corrected chi connectivity index (χ1v) is 7.94. The number of nitrogens with zero attached hydrogens (tertiary/aromatic N) is 3. The summed E-state index contributed by atoms with van der Waals surface area (Å²) in [5.41, 5.74) is 2.15. The fourth-order valence-corrected chi connectivity index (χ4v) is 2.40. The topological polar surface area (TPSA) is 47.4 Å². The fraction of sp³-hybridized carbons (Fsp3) is 0.444. The molecule has 0 N–H and O–H groups in total. The number of amides is 1. The molecule has 2 rings (SSSR count). The van der Waals surface area contributed by atoms with Crippen molar-refractivity contribution in [3.05, 3.63) is 47.8 Å². The minimum Gasteiger partial charge on any atom is -0.483 e. The van der Waals surface area contributed by atoms with Crippen molar-refractivity contribution >= 4 is 5.91 Å². The molecule has 0 fully saturated rings. The van der Waals surface area contributed by atoms with Crippen molar-refractivity contribution in [3.8, 4) is 5.75 Å². The molecular formula is C18H25N3O2. The normalized spacial score (nSPS) is 12.0. The third-order valence-electron chi connectivity index (χ3n) is 4.02. The molecule has 0 spiro atoms. The van der Waals surface area contributed by atoms with Gasteiger partial charge in [-0.2, -0.15) is 5.10 Å². The molecule has 1 atom stereocenters. The first kappa shape index (κ1) is 17.1. The summed E-state index contributed by atoms with van der Waals surface area (Å²) < 4.78 is 7.50. The number of ether oxygens (including phenoxy) is 1. The van der Waals surface area contributed by atoms with Gasteiger partial charge >= 0.3 is 0 Å². The van der Waals surface area contributed by atoms with E-state index in [4.69, 9.17) is 4.74 Å². The molecule has 1 unspecified atom stereocenters. The molecule has 0 aliphatic rings. The molecule has 1 amide bonds. The number of likely N-dealkylation sites (N-methyl/N-ethyl adjacent to an activating group) is 1. The minimum absolute atomic E-state index is 0.0458. The quantitative estimate of drug-likeness (QED) is 0.789. The Morgan fingerprint density at radius 2 is 2.13 bits per heavy atom. The molecule has 0 radical (unpaired) electrons. The van der Waals surface area contributed by atoms with Crippen LogP contribution < -0.4 is 4.74 Å². The van der Waals surface area contributed by atoms with E-state index in [9.17, 15) is 4.79 Å². The summed E-state index contributed by atoms with van der Waals surface area (Å²) in [6.45, 7) is 4.89. The molecule has 0 aliphatic heterocycles. The second-order valence-electron chi connectivity index (χ2n) is 5.91. The lowest BCUT2D eigenvalue weighted by molar-refractivity contribution is -0.132. The van der Waals surface area contributed by atoms with Crippen LogP contribution in [0, 0.1) is 0 Å². The molecule has 5 nitrogen and oxygen atoms in total. The summed E-state index contributed by atoms with van der Waals surface area (Å²) in [5.74, 6) is 1.16. The van der Waals surface area contributed by atoms with Gasteiger partial charge in [-0.05, 0) is 24.0 Å². The number of para-hydroxylation sites is 1. The van der Waals surface area contributed by atoms with Crippen LogP contribution >= 0.6 is 0 Å². The highest BCUT2D eigenvalue weighted by molar-refractivity contribution is 5.77. The van der Waals surface area contributed by atoms with E-state index in [1.54, 1.807) is 22.8 Å². The van der Waals surface area contributed by atoms with Crippen LogP contribution in [-0.2, 0) is 18.4 Å². The van der Waals surface area contributed by atoms with Crippen LogP contribution in [0.2, 0.25) is 0 Å². The van der Waals surface area contributed by atoms with Gasteiger partial charge in [-0.15, -0.1) is 0 Å². The van der Waals surface area contributed by atoms with E-state index in [-0.39, 0.29) is 12.5 Å². The van der Waals surface area contributed by atoms with Crippen LogP contribution in [0.1, 0.15) is 37.3 Å². The lowest BCUT2D eigenvalue weighted by Crippen LogP contribution is -2.31. The third kappa shape index (κ3) is 4.58. The zero-order chi connectivity index (χ0) is 16.8. The Hall–Kier alpha value is -2.30. The molecule has 0 saturated carbocycles. The summed E-state index contributed by atoms with van der Waals surface area (Å²) in [6.07, 6.45) is 4.71. The van der Waals surface area contributed by atoms with Crippen molar-refractivity contribution in [2.45, 2.75) is 32.7 Å². The molecule has 2 aromatic rings. The highest BCUT2D eigenvalue weighted by Gasteiger charge is 2.14. The largest absolute Gasteiger partial charge is 0.483 e. The predicted octanol–water partition coefficient (Wildman–Crippen LogP) is 2.97. The molecule has 23 heavy (non-hydrogen) atoms. The van der Waals surface area contributed by atoms with Gasteiger partial charge in [0.25, 0.3) is 5.91 Å². The highest BCUT2D eigenvalue weighted by atomic mass is 16.5. The lowest BCUT2D eigenvalue weighted by Gasteiger charge is -2.19. The second-order valence-corrected chi connectivity index (χ2v) is 5.91. The summed E-state index contributed by atoms with van der Waals surface area (Å²) in [7, 11) is 3.64. The summed E-state index contributed by atoms with van der Waals surface area (Å²) in [4.78, 5) is 13.9. The Morgan fingerprint density at radius 1 is 1.39 bits per heavy atom. The standard InChI is InChI=1S/C18H25N3O2/c1-5-14(2)16-8-6-7-9-17(16)23-13-18(22)20(3)11-15-10-19-21(4)12-15/h6-10,12,14H,5,11,13H2,1-4H3. The summed E-state index contributed by atoms with van der Waals surface area (Å²) in [6, 6.07) is 7.93. The van der Waals surface area contributed by atoms with Gasteiger partial charge in [0.2, 0.25) is 0 Å². The molecule has 124 valence electrons. The fourth-order valence-electron chi connectivity index (χ4n) is 2.40. The van der Waals surface area contributed by atoms with E-state index in [2.05, 4.69) is 25.0 Å². The molecule has 1 heterocycles. The molecule has 1 aromatic carbocycles. The number of benzene rings is 1. The number of rotatable bonds is 7. The maximum absolute atomic E-state index is 12.3. The Bertz CT molecular complexity index is 651. The maximum atomic E-state index is 12.3. The second kappa shape index (κ2) is 7.81. The van der Waals surface area contributed by atoms with Crippen molar-refractivity contribution in [1.29, 1.82) is 0 Å². The van der Waals surface area contributed by atoms with Crippen LogP contribution in [0.25, 0.3) is 0 Å². The molecule has 5 heteroatoms. The van der Waals surface area contributed by atoms with E-state index in [1.165, 1.54) is 0 Å². The van der Waals surface area contributed by atoms with Crippen LogP contribution in [0.3, 0.4) is 0 Å². The number of hydrogen-bond donors (Lipinski definition) is 0. The van der Waals surface area contributed by atoms with Crippen molar-refractivity contribution < 1.29 is 9.53 Å². The van der Waals surface area contributed by atoms with E-state index >= 15 is 0 Å². The van der Waals surface area contributed by atoms with Crippen molar-refractivity contribution in [3.63, 3.8) is 0 Å². The zero-order valence-corrected chi connectivity index (χ0v) is 14.3. The number of aromatic nitrogens is 2. The van der Waals surface area contributed by atoms with Gasteiger partial charge in [-0.1, -0.05) is 32.0 Å². The first-order chi connectivity index (χ1) is 11.0. The van der Waals surface area contributed by atoms with Gasteiger partial charge in [0.1, 0.15) is 5.75 Å². The van der Waals surface area contributed by atoms with Gasteiger partial charge in [0, 0.05) is 32.4 Å². The van der Waals surface area contributed by atoms with Gasteiger partial charge in [-0.25, -0.2) is 0 Å². The van der Waals surface area contributed by atoms with E-state index in [0.29, 0.717) is 12.5 Å². The Labute approximate surface area is 137 Å². The SMILES string of the molecule is CCC(C)c1ccccc1OCC(=O)N(C)Cc1cnn(C)c1. The molecule has 0 bridgehead atoms. The minimum atomic E-state index is -0.0483. The monoisotopic (exact) mass is 315 g/mol. The third-order valence-corrected chi connectivity index (χ3v) is 4.02. The van der Waals surface area contributed by atoms with Crippen LogP contribution in [-0.4, -0.2) is 34.2 Å². The van der Waals surface area contributed by atoms with E-state index < -0.39 is 0 Å². The molecular weight excluding hydrogens is 290 g/mol. The Kier molecular flexibility index (Phi) is 5.79. The molecule has 1 aromatic heterocycles. The number of carbonyl (C=O) groups excluding carboxylic acids is 1. The first-order valence-electron chi connectivity index (χ1n) is 7.94. The molecule has 0 aliphatic carbocycles. The van der Waals surface area contributed by atoms with Crippen LogP contribution in [0.4, 0.5) is 0 Å². The Morgan fingerprint density at radius 3 is 2.78 bits per heavy atom. The lowest BCUT2D eigenvalue weighted by atomic mass is 9.98. The number of aryl methyl sites for hydroxylation is 1. The van der Waals surface area contributed by atoms with Gasteiger partial charge < -0.3 is 9.64 Å². The van der Waals surface area contributed by atoms with E-state index in [1.807, 2.05) is 31.4 Å². The number of carbonyl (C=O) groups is 1. The Balaban J connectivity index is 1.94. The average molecular weight is 315 g/mol. The van der Waals surface area contributed by atoms with Crippen molar-refractivity contribution in [1.82, 2.24) is 14.7 Å². The smallest absolute Gasteiger partial charge is 0.260 e. The maximum Gasteiger partial charge on any atom is 0.260 e. The zero-order valence-electron chi connectivity index (χ0n) is 14.3. The van der Waals surface area contributed by atoms with Gasteiger partial charge in [0.15, 0.2) is 6.61 Å². The molecule has 0 saturated heterocycles. The average Bonchev–Trinajstić information content (AvgIpc) is 2.96.